The van der Waals surface area contributed by atoms with Crippen molar-refractivity contribution in [2.45, 2.75) is 31.7 Å². The van der Waals surface area contributed by atoms with Crippen molar-refractivity contribution in [3.8, 4) is 0 Å². The highest BCUT2D eigenvalue weighted by molar-refractivity contribution is 7.89. The highest BCUT2D eigenvalue weighted by atomic mass is 32.2. The fourth-order valence-electron chi connectivity index (χ4n) is 3.78. The van der Waals surface area contributed by atoms with E-state index < -0.39 is 28.5 Å². The SMILES string of the molecule is C[C@@H]1C[C@H](C)CN(S(=O)(=O)c2ccc(C(=O)OCC(=O)NCc3ccccc3)cc2)C1. The molecule has 0 aliphatic carbocycles. The van der Waals surface area contributed by atoms with Gasteiger partial charge in [0.15, 0.2) is 6.61 Å². The molecule has 1 amide bonds. The summed E-state index contributed by atoms with van der Waals surface area (Å²) in [6.45, 7) is 5.02. The molecule has 2 aromatic carbocycles. The molecule has 31 heavy (non-hydrogen) atoms. The predicted molar refractivity (Wildman–Crippen MR) is 117 cm³/mol. The third-order valence-corrected chi connectivity index (χ3v) is 7.08. The largest absolute Gasteiger partial charge is 0.452 e. The number of piperidine rings is 1. The number of hydrogen-bond donors (Lipinski definition) is 1. The molecule has 7 nitrogen and oxygen atoms in total. The van der Waals surface area contributed by atoms with Crippen molar-refractivity contribution in [1.82, 2.24) is 9.62 Å². The van der Waals surface area contributed by atoms with Crippen LogP contribution in [0.2, 0.25) is 0 Å². The lowest BCUT2D eigenvalue weighted by Gasteiger charge is -2.34. The number of carbonyl (C=O) groups excluding carboxylic acids is 2. The molecular weight excluding hydrogens is 416 g/mol. The molecule has 0 saturated carbocycles. The van der Waals surface area contributed by atoms with E-state index in [4.69, 9.17) is 4.74 Å². The van der Waals surface area contributed by atoms with E-state index in [-0.39, 0.29) is 10.5 Å². The Kier molecular flexibility index (Phi) is 7.46. The van der Waals surface area contributed by atoms with Crippen molar-refractivity contribution in [3.63, 3.8) is 0 Å². The third kappa shape index (κ3) is 6.15. The number of sulfonamides is 1. The summed E-state index contributed by atoms with van der Waals surface area (Å²) in [5.41, 5.74) is 1.13. The number of carbonyl (C=O) groups is 2. The molecule has 166 valence electrons. The van der Waals surface area contributed by atoms with Gasteiger partial charge in [0, 0.05) is 19.6 Å². The van der Waals surface area contributed by atoms with Gasteiger partial charge in [-0.05, 0) is 48.1 Å². The summed E-state index contributed by atoms with van der Waals surface area (Å²) in [7, 11) is -3.61. The number of esters is 1. The van der Waals surface area contributed by atoms with Crippen LogP contribution in [0.4, 0.5) is 0 Å². The van der Waals surface area contributed by atoms with Crippen LogP contribution < -0.4 is 5.32 Å². The molecule has 8 heteroatoms. The minimum absolute atomic E-state index is 0.144. The first-order valence-corrected chi connectivity index (χ1v) is 11.8. The molecule has 0 spiro atoms. The van der Waals surface area contributed by atoms with Gasteiger partial charge in [0.2, 0.25) is 10.0 Å². The average molecular weight is 445 g/mol. The van der Waals surface area contributed by atoms with E-state index in [2.05, 4.69) is 5.32 Å². The molecule has 0 radical (unpaired) electrons. The van der Waals surface area contributed by atoms with E-state index >= 15 is 0 Å². The van der Waals surface area contributed by atoms with Gasteiger partial charge in [0.25, 0.3) is 5.91 Å². The molecular formula is C23H28N2O5S. The summed E-state index contributed by atoms with van der Waals surface area (Å²) in [5.74, 6) is -0.481. The zero-order chi connectivity index (χ0) is 22.4. The van der Waals surface area contributed by atoms with Crippen molar-refractivity contribution < 1.29 is 22.7 Å². The smallest absolute Gasteiger partial charge is 0.338 e. The predicted octanol–water partition coefficient (Wildman–Crippen LogP) is 2.83. The van der Waals surface area contributed by atoms with Gasteiger partial charge < -0.3 is 10.1 Å². The van der Waals surface area contributed by atoms with Crippen LogP contribution >= 0.6 is 0 Å². The van der Waals surface area contributed by atoms with Gasteiger partial charge in [0.05, 0.1) is 10.5 Å². The first-order valence-electron chi connectivity index (χ1n) is 10.3. The van der Waals surface area contributed by atoms with E-state index in [0.717, 1.165) is 12.0 Å². The number of rotatable bonds is 7. The first-order chi connectivity index (χ1) is 14.8. The van der Waals surface area contributed by atoms with Crippen LogP contribution in [0.1, 0.15) is 36.2 Å². The number of ether oxygens (including phenoxy) is 1. The first kappa shape index (κ1) is 23.0. The summed E-state index contributed by atoms with van der Waals surface area (Å²) in [4.78, 5) is 24.2. The normalized spacial score (nSPS) is 19.5. The van der Waals surface area contributed by atoms with Crippen molar-refractivity contribution in [1.29, 1.82) is 0 Å². The van der Waals surface area contributed by atoms with E-state index in [1.807, 2.05) is 44.2 Å². The molecule has 0 unspecified atom stereocenters. The second kappa shape index (κ2) is 10.1. The Labute approximate surface area is 183 Å². The fourth-order valence-corrected chi connectivity index (χ4v) is 5.46. The van der Waals surface area contributed by atoms with Crippen molar-refractivity contribution >= 4 is 21.9 Å². The molecule has 1 aliphatic rings. The quantitative estimate of drug-likeness (QED) is 0.663. The Bertz CT molecular complexity index is 996. The van der Waals surface area contributed by atoms with Gasteiger partial charge >= 0.3 is 5.97 Å². The van der Waals surface area contributed by atoms with Crippen LogP contribution in [-0.4, -0.2) is 44.3 Å². The maximum absolute atomic E-state index is 12.9. The molecule has 3 rings (SSSR count). The Morgan fingerprint density at radius 1 is 1.00 bits per heavy atom. The summed E-state index contributed by atoms with van der Waals surface area (Å²) in [5, 5.41) is 2.68. The second-order valence-electron chi connectivity index (χ2n) is 8.13. The van der Waals surface area contributed by atoms with Crippen LogP contribution in [0.15, 0.2) is 59.5 Å². The van der Waals surface area contributed by atoms with Crippen molar-refractivity contribution in [2.24, 2.45) is 11.8 Å². The maximum atomic E-state index is 12.9. The average Bonchev–Trinajstić information content (AvgIpc) is 2.76. The molecule has 1 heterocycles. The summed E-state index contributed by atoms with van der Waals surface area (Å²) < 4.78 is 32.4. The van der Waals surface area contributed by atoms with Gasteiger partial charge in [-0.3, -0.25) is 4.79 Å². The number of amides is 1. The summed E-state index contributed by atoms with van der Waals surface area (Å²) in [6, 6.07) is 15.0. The maximum Gasteiger partial charge on any atom is 0.338 e. The van der Waals surface area contributed by atoms with Gasteiger partial charge in [-0.2, -0.15) is 4.31 Å². The van der Waals surface area contributed by atoms with Crippen LogP contribution in [0.3, 0.4) is 0 Å². The zero-order valence-electron chi connectivity index (χ0n) is 17.8. The van der Waals surface area contributed by atoms with Gasteiger partial charge in [-0.25, -0.2) is 13.2 Å². The molecule has 1 N–H and O–H groups in total. The molecule has 0 aromatic heterocycles. The highest BCUT2D eigenvalue weighted by Gasteiger charge is 2.31. The minimum Gasteiger partial charge on any atom is -0.452 e. The number of benzene rings is 2. The summed E-state index contributed by atoms with van der Waals surface area (Å²) in [6.07, 6.45) is 1.01. The van der Waals surface area contributed by atoms with Crippen LogP contribution in [0, 0.1) is 11.8 Å². The number of nitrogens with zero attached hydrogens (tertiary/aromatic N) is 1. The Morgan fingerprint density at radius 2 is 1.61 bits per heavy atom. The van der Waals surface area contributed by atoms with Crippen molar-refractivity contribution in [2.75, 3.05) is 19.7 Å². The second-order valence-corrected chi connectivity index (χ2v) is 10.1. The molecule has 0 bridgehead atoms. The third-order valence-electron chi connectivity index (χ3n) is 5.23. The van der Waals surface area contributed by atoms with Crippen LogP contribution in [-0.2, 0) is 26.1 Å². The number of nitrogens with one attached hydrogen (secondary N) is 1. The highest BCUT2D eigenvalue weighted by Crippen LogP contribution is 2.26. The van der Waals surface area contributed by atoms with E-state index in [9.17, 15) is 18.0 Å². The summed E-state index contributed by atoms with van der Waals surface area (Å²) >= 11 is 0. The molecule has 2 atom stereocenters. The fraction of sp³-hybridized carbons (Fsp3) is 0.391. The molecule has 1 aliphatic heterocycles. The molecule has 1 saturated heterocycles. The Morgan fingerprint density at radius 3 is 2.23 bits per heavy atom. The lowest BCUT2D eigenvalue weighted by molar-refractivity contribution is -0.124. The van der Waals surface area contributed by atoms with E-state index in [1.165, 1.54) is 28.6 Å². The Hall–Kier alpha value is -2.71. The monoisotopic (exact) mass is 444 g/mol. The molecule has 2 aromatic rings. The molecule has 1 fully saturated rings. The van der Waals surface area contributed by atoms with E-state index in [0.29, 0.717) is 31.5 Å². The minimum atomic E-state index is -3.61. The van der Waals surface area contributed by atoms with Gasteiger partial charge in [-0.15, -0.1) is 0 Å². The lowest BCUT2D eigenvalue weighted by Crippen LogP contribution is -2.42. The number of hydrogen-bond acceptors (Lipinski definition) is 5. The van der Waals surface area contributed by atoms with Crippen molar-refractivity contribution in [3.05, 3.63) is 65.7 Å². The Balaban J connectivity index is 1.54. The lowest BCUT2D eigenvalue weighted by atomic mass is 9.94. The van der Waals surface area contributed by atoms with E-state index in [1.54, 1.807) is 0 Å². The topological polar surface area (TPSA) is 92.8 Å². The van der Waals surface area contributed by atoms with Crippen LogP contribution in [0.25, 0.3) is 0 Å². The van der Waals surface area contributed by atoms with Crippen LogP contribution in [0.5, 0.6) is 0 Å². The zero-order valence-corrected chi connectivity index (χ0v) is 18.6. The van der Waals surface area contributed by atoms with Gasteiger partial charge in [-0.1, -0.05) is 44.2 Å². The van der Waals surface area contributed by atoms with Gasteiger partial charge in [0.1, 0.15) is 0 Å². The standard InChI is InChI=1S/C23H28N2O5S/c1-17-12-18(2)15-25(14-17)31(28,29)21-10-8-20(9-11-21)23(27)30-16-22(26)24-13-19-6-4-3-5-7-19/h3-11,17-18H,12-16H2,1-2H3,(H,24,26)/t17-,18+.